The highest BCUT2D eigenvalue weighted by atomic mass is 16.5. The summed E-state index contributed by atoms with van der Waals surface area (Å²) in [5.41, 5.74) is 2.38. The average molecular weight is 317 g/mol. The van der Waals surface area contributed by atoms with Crippen molar-refractivity contribution in [1.29, 1.82) is 0 Å². The van der Waals surface area contributed by atoms with E-state index in [1.165, 1.54) is 12.5 Å². The fraction of sp³-hybridized carbons (Fsp3) is 0.467. The summed E-state index contributed by atoms with van der Waals surface area (Å²) in [6.07, 6.45) is 5.50. The van der Waals surface area contributed by atoms with Crippen molar-refractivity contribution in [2.75, 3.05) is 26.9 Å². The third-order valence-corrected chi connectivity index (χ3v) is 3.65. The molecule has 0 unspecified atom stereocenters. The second-order valence-electron chi connectivity index (χ2n) is 5.21. The Morgan fingerprint density at radius 3 is 3.26 bits per heavy atom. The predicted octanol–water partition coefficient (Wildman–Crippen LogP) is 0.363. The third-order valence-electron chi connectivity index (χ3n) is 3.65. The second-order valence-corrected chi connectivity index (χ2v) is 5.21. The number of nitrogens with one attached hydrogen (secondary N) is 1. The van der Waals surface area contributed by atoms with Crippen LogP contribution in [0.25, 0.3) is 0 Å². The third kappa shape index (κ3) is 3.72. The minimum atomic E-state index is -0.248. The van der Waals surface area contributed by atoms with Gasteiger partial charge in [0.15, 0.2) is 0 Å². The Morgan fingerprint density at radius 1 is 1.57 bits per heavy atom. The van der Waals surface area contributed by atoms with Crippen LogP contribution >= 0.6 is 0 Å². The van der Waals surface area contributed by atoms with Crippen molar-refractivity contribution in [3.05, 3.63) is 41.7 Å². The molecule has 0 bridgehead atoms. The molecule has 0 aliphatic carbocycles. The number of amides is 1. The predicted molar refractivity (Wildman–Crippen MR) is 80.9 cm³/mol. The van der Waals surface area contributed by atoms with E-state index in [9.17, 15) is 4.79 Å². The molecule has 1 N–H and O–H groups in total. The molecule has 0 saturated heterocycles. The molecule has 23 heavy (non-hydrogen) atoms. The smallest absolute Gasteiger partial charge is 0.270 e. The molecular weight excluding hydrogens is 298 g/mol. The first-order chi connectivity index (χ1) is 11.3. The lowest BCUT2D eigenvalue weighted by molar-refractivity contribution is 0.0382. The molecule has 1 aliphatic rings. The topological polar surface area (TPSA) is 91.2 Å². The summed E-state index contributed by atoms with van der Waals surface area (Å²) in [7, 11) is 1.66. The highest BCUT2D eigenvalue weighted by Crippen LogP contribution is 2.25. The molecule has 8 nitrogen and oxygen atoms in total. The fourth-order valence-electron chi connectivity index (χ4n) is 2.49. The van der Waals surface area contributed by atoms with Crippen molar-refractivity contribution in [3.63, 3.8) is 0 Å². The molecule has 2 aromatic rings. The van der Waals surface area contributed by atoms with Gasteiger partial charge in [-0.15, -0.1) is 0 Å². The van der Waals surface area contributed by atoms with Gasteiger partial charge >= 0.3 is 0 Å². The highest BCUT2D eigenvalue weighted by molar-refractivity contribution is 5.92. The SMILES string of the molecule is COCCn1cc2c(n1)[C@H](CNC(=O)c1ccncn1)OCC2. The molecule has 0 aromatic carbocycles. The molecule has 1 aliphatic heterocycles. The Hall–Kier alpha value is -2.32. The van der Waals surface area contributed by atoms with Gasteiger partial charge in [0.05, 0.1) is 25.5 Å². The lowest BCUT2D eigenvalue weighted by Gasteiger charge is -2.22. The standard InChI is InChI=1S/C15H19N5O3/c1-22-7-5-20-9-11-3-6-23-13(14(11)19-20)8-17-15(21)12-2-4-16-10-18-12/h2,4,9-10,13H,3,5-8H2,1H3,(H,17,21)/t13-/m0/s1. The zero-order chi connectivity index (χ0) is 16.1. The number of rotatable bonds is 6. The maximum absolute atomic E-state index is 12.0. The minimum absolute atomic E-state index is 0.242. The minimum Gasteiger partial charge on any atom is -0.383 e. The van der Waals surface area contributed by atoms with Gasteiger partial charge in [-0.1, -0.05) is 0 Å². The summed E-state index contributed by atoms with van der Waals surface area (Å²) in [4.78, 5) is 19.8. The molecule has 0 spiro atoms. The Morgan fingerprint density at radius 2 is 2.48 bits per heavy atom. The van der Waals surface area contributed by atoms with Crippen molar-refractivity contribution >= 4 is 5.91 Å². The highest BCUT2D eigenvalue weighted by Gasteiger charge is 2.25. The van der Waals surface area contributed by atoms with Crippen LogP contribution in [0.4, 0.5) is 0 Å². The molecule has 8 heteroatoms. The summed E-state index contributed by atoms with van der Waals surface area (Å²) in [6, 6.07) is 1.57. The number of aromatic nitrogens is 4. The van der Waals surface area contributed by atoms with Gasteiger partial charge in [0.1, 0.15) is 18.1 Å². The number of nitrogens with zero attached hydrogens (tertiary/aromatic N) is 4. The molecule has 3 heterocycles. The Balaban J connectivity index is 1.64. The fourth-order valence-corrected chi connectivity index (χ4v) is 2.49. The first kappa shape index (κ1) is 15.6. The van der Waals surface area contributed by atoms with E-state index in [4.69, 9.17) is 9.47 Å². The Kier molecular flexibility index (Phi) is 4.94. The number of hydrogen-bond acceptors (Lipinski definition) is 6. The van der Waals surface area contributed by atoms with Crippen molar-refractivity contribution < 1.29 is 14.3 Å². The van der Waals surface area contributed by atoms with E-state index in [-0.39, 0.29) is 12.0 Å². The summed E-state index contributed by atoms with van der Waals surface area (Å²) < 4.78 is 12.7. The summed E-state index contributed by atoms with van der Waals surface area (Å²) in [5.74, 6) is -0.248. The molecule has 3 rings (SSSR count). The van der Waals surface area contributed by atoms with Gasteiger partial charge in [-0.2, -0.15) is 5.10 Å². The molecule has 122 valence electrons. The summed E-state index contributed by atoms with van der Waals surface area (Å²) in [5, 5.41) is 7.39. The first-order valence-corrected chi connectivity index (χ1v) is 7.49. The summed E-state index contributed by atoms with van der Waals surface area (Å²) >= 11 is 0. The van der Waals surface area contributed by atoms with Crippen molar-refractivity contribution in [3.8, 4) is 0 Å². The Bertz CT molecular complexity index is 658. The van der Waals surface area contributed by atoms with Crippen LogP contribution in [0.2, 0.25) is 0 Å². The number of carbonyl (C=O) groups is 1. The van der Waals surface area contributed by atoms with Gasteiger partial charge in [-0.05, 0) is 18.1 Å². The quantitative estimate of drug-likeness (QED) is 0.827. The molecule has 1 amide bonds. The van der Waals surface area contributed by atoms with Gasteiger partial charge in [0.2, 0.25) is 0 Å². The molecule has 0 fully saturated rings. The van der Waals surface area contributed by atoms with E-state index in [2.05, 4.69) is 20.4 Å². The van der Waals surface area contributed by atoms with Gasteiger partial charge in [-0.25, -0.2) is 9.97 Å². The van der Waals surface area contributed by atoms with E-state index < -0.39 is 0 Å². The number of ether oxygens (including phenoxy) is 2. The number of fused-ring (bicyclic) bond motifs is 1. The van der Waals surface area contributed by atoms with E-state index in [1.807, 2.05) is 10.9 Å². The molecule has 0 saturated carbocycles. The molecular formula is C15H19N5O3. The van der Waals surface area contributed by atoms with E-state index in [0.29, 0.717) is 32.0 Å². The number of methoxy groups -OCH3 is 1. The van der Waals surface area contributed by atoms with Crippen molar-refractivity contribution in [2.45, 2.75) is 19.1 Å². The van der Waals surface area contributed by atoms with Gasteiger partial charge in [0.25, 0.3) is 5.91 Å². The second kappa shape index (κ2) is 7.30. The van der Waals surface area contributed by atoms with E-state index >= 15 is 0 Å². The van der Waals surface area contributed by atoms with Crippen LogP contribution in [-0.2, 0) is 22.4 Å². The zero-order valence-corrected chi connectivity index (χ0v) is 12.9. The van der Waals surface area contributed by atoms with Crippen molar-refractivity contribution in [2.24, 2.45) is 0 Å². The van der Waals surface area contributed by atoms with Crippen molar-refractivity contribution in [1.82, 2.24) is 25.1 Å². The largest absolute Gasteiger partial charge is 0.383 e. The van der Waals surface area contributed by atoms with Crippen LogP contribution < -0.4 is 5.32 Å². The van der Waals surface area contributed by atoms with Crippen LogP contribution in [0.5, 0.6) is 0 Å². The van der Waals surface area contributed by atoms with E-state index in [1.54, 1.807) is 13.2 Å². The van der Waals surface area contributed by atoms with Crippen LogP contribution in [0.1, 0.15) is 27.8 Å². The maximum atomic E-state index is 12.0. The molecule has 2 aromatic heterocycles. The normalized spacial score (nSPS) is 16.8. The monoisotopic (exact) mass is 317 g/mol. The van der Waals surface area contributed by atoms with E-state index in [0.717, 1.165) is 17.7 Å². The van der Waals surface area contributed by atoms with Gasteiger partial charge in [-0.3, -0.25) is 9.48 Å². The van der Waals surface area contributed by atoms with Crippen LogP contribution in [0.3, 0.4) is 0 Å². The van der Waals surface area contributed by atoms with Gasteiger partial charge < -0.3 is 14.8 Å². The van der Waals surface area contributed by atoms with Crippen LogP contribution in [-0.4, -0.2) is 52.5 Å². The van der Waals surface area contributed by atoms with Gasteiger partial charge in [0, 0.05) is 26.0 Å². The lowest BCUT2D eigenvalue weighted by atomic mass is 10.1. The summed E-state index contributed by atoms with van der Waals surface area (Å²) in [6.45, 7) is 2.29. The van der Waals surface area contributed by atoms with Crippen LogP contribution in [0, 0.1) is 0 Å². The average Bonchev–Trinajstić information content (AvgIpc) is 3.02. The zero-order valence-electron chi connectivity index (χ0n) is 12.9. The Labute approximate surface area is 133 Å². The lowest BCUT2D eigenvalue weighted by Crippen LogP contribution is -2.32. The number of carbonyl (C=O) groups excluding carboxylic acids is 1. The van der Waals surface area contributed by atoms with Crippen LogP contribution in [0.15, 0.2) is 24.8 Å². The molecule has 0 radical (unpaired) electrons. The first-order valence-electron chi connectivity index (χ1n) is 7.49. The number of hydrogen-bond donors (Lipinski definition) is 1. The maximum Gasteiger partial charge on any atom is 0.270 e. The molecule has 1 atom stereocenters.